The van der Waals surface area contributed by atoms with Gasteiger partial charge in [0.15, 0.2) is 0 Å². The summed E-state index contributed by atoms with van der Waals surface area (Å²) in [4.78, 5) is 0. The predicted octanol–water partition coefficient (Wildman–Crippen LogP) is 1.26. The first-order valence-corrected chi connectivity index (χ1v) is 7.50. The predicted molar refractivity (Wildman–Crippen MR) is 67.9 cm³/mol. The van der Waals surface area contributed by atoms with Crippen LogP contribution in [0, 0.1) is 5.92 Å². The second kappa shape index (κ2) is 5.71. The summed E-state index contributed by atoms with van der Waals surface area (Å²) in [6.45, 7) is 4.75. The standard InChI is InChI=1S/C12H23NO2S/c1-2-11(10-3-5-15-7-10)13-8-12(14)4-6-16-9-12/h10-11,13-14H,2-9H2,1H3. The van der Waals surface area contributed by atoms with Crippen molar-refractivity contribution < 1.29 is 9.84 Å². The number of nitrogens with one attached hydrogen (secondary N) is 1. The number of thioether (sulfide) groups is 1. The van der Waals surface area contributed by atoms with Crippen LogP contribution in [0.5, 0.6) is 0 Å². The molecule has 2 rings (SSSR count). The smallest absolute Gasteiger partial charge is 0.0869 e. The fraction of sp³-hybridized carbons (Fsp3) is 1.00. The van der Waals surface area contributed by atoms with Crippen molar-refractivity contribution in [3.05, 3.63) is 0 Å². The number of hydrogen-bond donors (Lipinski definition) is 2. The van der Waals surface area contributed by atoms with E-state index < -0.39 is 5.60 Å². The lowest BCUT2D eigenvalue weighted by Crippen LogP contribution is -2.47. The van der Waals surface area contributed by atoms with Gasteiger partial charge in [-0.3, -0.25) is 0 Å². The zero-order valence-electron chi connectivity index (χ0n) is 10.1. The van der Waals surface area contributed by atoms with Crippen molar-refractivity contribution in [2.75, 3.05) is 31.3 Å². The summed E-state index contributed by atoms with van der Waals surface area (Å²) >= 11 is 1.86. The van der Waals surface area contributed by atoms with Crippen LogP contribution in [0.4, 0.5) is 0 Å². The third-order valence-corrected chi connectivity index (χ3v) is 4.98. The molecule has 0 aromatic rings. The molecule has 0 spiro atoms. The van der Waals surface area contributed by atoms with E-state index in [1.165, 1.54) is 6.42 Å². The van der Waals surface area contributed by atoms with Crippen molar-refractivity contribution in [3.63, 3.8) is 0 Å². The molecule has 3 nitrogen and oxygen atoms in total. The Morgan fingerprint density at radius 1 is 1.62 bits per heavy atom. The lowest BCUT2D eigenvalue weighted by molar-refractivity contribution is 0.0609. The molecule has 0 saturated carbocycles. The van der Waals surface area contributed by atoms with Crippen LogP contribution in [0.2, 0.25) is 0 Å². The number of rotatable bonds is 5. The zero-order chi connectivity index (χ0) is 11.4. The molecule has 0 aromatic carbocycles. The van der Waals surface area contributed by atoms with Crippen molar-refractivity contribution in [1.29, 1.82) is 0 Å². The van der Waals surface area contributed by atoms with Crippen molar-refractivity contribution in [3.8, 4) is 0 Å². The fourth-order valence-corrected chi connectivity index (χ4v) is 3.87. The summed E-state index contributed by atoms with van der Waals surface area (Å²) in [5.41, 5.74) is -0.461. The van der Waals surface area contributed by atoms with Crippen LogP contribution in [0.1, 0.15) is 26.2 Å². The van der Waals surface area contributed by atoms with Gasteiger partial charge in [-0.15, -0.1) is 0 Å². The van der Waals surface area contributed by atoms with Gasteiger partial charge in [-0.1, -0.05) is 6.92 Å². The molecule has 3 unspecified atom stereocenters. The first-order chi connectivity index (χ1) is 7.73. The third-order valence-electron chi connectivity index (χ3n) is 3.75. The first-order valence-electron chi connectivity index (χ1n) is 6.35. The summed E-state index contributed by atoms with van der Waals surface area (Å²) in [6, 6.07) is 0.511. The van der Waals surface area contributed by atoms with Crippen LogP contribution in [0.25, 0.3) is 0 Å². The van der Waals surface area contributed by atoms with Gasteiger partial charge in [0.05, 0.1) is 12.2 Å². The van der Waals surface area contributed by atoms with Gasteiger partial charge in [0.2, 0.25) is 0 Å². The molecule has 2 aliphatic heterocycles. The molecule has 4 heteroatoms. The topological polar surface area (TPSA) is 41.5 Å². The number of aliphatic hydroxyl groups is 1. The van der Waals surface area contributed by atoms with Gasteiger partial charge in [-0.2, -0.15) is 11.8 Å². The highest BCUT2D eigenvalue weighted by atomic mass is 32.2. The highest BCUT2D eigenvalue weighted by Gasteiger charge is 2.33. The van der Waals surface area contributed by atoms with E-state index in [0.29, 0.717) is 12.0 Å². The Morgan fingerprint density at radius 2 is 2.50 bits per heavy atom. The zero-order valence-corrected chi connectivity index (χ0v) is 10.9. The minimum Gasteiger partial charge on any atom is -0.388 e. The van der Waals surface area contributed by atoms with Gasteiger partial charge < -0.3 is 15.2 Å². The second-order valence-corrected chi connectivity index (χ2v) is 6.15. The fourth-order valence-electron chi connectivity index (χ4n) is 2.57. The van der Waals surface area contributed by atoms with Gasteiger partial charge in [-0.25, -0.2) is 0 Å². The second-order valence-electron chi connectivity index (χ2n) is 5.05. The van der Waals surface area contributed by atoms with E-state index in [1.54, 1.807) is 0 Å². The van der Waals surface area contributed by atoms with E-state index in [1.807, 2.05) is 11.8 Å². The van der Waals surface area contributed by atoms with E-state index in [0.717, 1.165) is 44.1 Å². The summed E-state index contributed by atoms with van der Waals surface area (Å²) in [5, 5.41) is 13.8. The highest BCUT2D eigenvalue weighted by molar-refractivity contribution is 7.99. The summed E-state index contributed by atoms with van der Waals surface area (Å²) < 4.78 is 5.43. The molecule has 2 fully saturated rings. The van der Waals surface area contributed by atoms with Crippen LogP contribution < -0.4 is 5.32 Å². The lowest BCUT2D eigenvalue weighted by atomic mass is 9.95. The molecule has 0 aromatic heterocycles. The van der Waals surface area contributed by atoms with Crippen molar-refractivity contribution in [1.82, 2.24) is 5.32 Å². The van der Waals surface area contributed by atoms with Crippen LogP contribution >= 0.6 is 11.8 Å². The Labute approximate surface area is 102 Å². The molecule has 0 amide bonds. The van der Waals surface area contributed by atoms with Crippen molar-refractivity contribution >= 4 is 11.8 Å². The molecule has 94 valence electrons. The maximum atomic E-state index is 10.3. The maximum absolute atomic E-state index is 10.3. The molecule has 0 radical (unpaired) electrons. The highest BCUT2D eigenvalue weighted by Crippen LogP contribution is 2.28. The van der Waals surface area contributed by atoms with Crippen LogP contribution in [-0.2, 0) is 4.74 Å². The SMILES string of the molecule is CCC(NCC1(O)CCSC1)C1CCOC1. The summed E-state index contributed by atoms with van der Waals surface area (Å²) in [6.07, 6.45) is 3.22. The van der Waals surface area contributed by atoms with E-state index >= 15 is 0 Å². The Bertz CT molecular complexity index is 213. The molecular weight excluding hydrogens is 222 g/mol. The Kier molecular flexibility index (Phi) is 4.53. The summed E-state index contributed by atoms with van der Waals surface area (Å²) in [7, 11) is 0. The van der Waals surface area contributed by atoms with Gasteiger partial charge in [0.25, 0.3) is 0 Å². The molecule has 2 saturated heterocycles. The van der Waals surface area contributed by atoms with E-state index in [2.05, 4.69) is 12.2 Å². The molecule has 16 heavy (non-hydrogen) atoms. The summed E-state index contributed by atoms with van der Waals surface area (Å²) in [5.74, 6) is 2.63. The Morgan fingerprint density at radius 3 is 3.06 bits per heavy atom. The molecular formula is C12H23NO2S. The maximum Gasteiger partial charge on any atom is 0.0869 e. The average molecular weight is 245 g/mol. The first kappa shape index (κ1) is 12.7. The molecule has 0 bridgehead atoms. The lowest BCUT2D eigenvalue weighted by Gasteiger charge is -2.28. The van der Waals surface area contributed by atoms with Crippen LogP contribution in [-0.4, -0.2) is 48.0 Å². The van der Waals surface area contributed by atoms with Crippen LogP contribution in [0.3, 0.4) is 0 Å². The normalized spacial score (nSPS) is 36.8. The van der Waals surface area contributed by atoms with Gasteiger partial charge >= 0.3 is 0 Å². The molecule has 2 heterocycles. The van der Waals surface area contributed by atoms with E-state index in [-0.39, 0.29) is 0 Å². The number of hydrogen-bond acceptors (Lipinski definition) is 4. The largest absolute Gasteiger partial charge is 0.388 e. The average Bonchev–Trinajstić information content (AvgIpc) is 2.91. The van der Waals surface area contributed by atoms with Gasteiger partial charge in [-0.05, 0) is 30.9 Å². The molecule has 0 aliphatic carbocycles. The monoisotopic (exact) mass is 245 g/mol. The molecule has 3 atom stereocenters. The Balaban J connectivity index is 1.77. The quantitative estimate of drug-likeness (QED) is 0.765. The van der Waals surface area contributed by atoms with Gasteiger partial charge in [0.1, 0.15) is 0 Å². The van der Waals surface area contributed by atoms with Gasteiger partial charge in [0, 0.05) is 24.9 Å². The number of ether oxygens (including phenoxy) is 1. The third kappa shape index (κ3) is 3.13. The van der Waals surface area contributed by atoms with Crippen molar-refractivity contribution in [2.24, 2.45) is 5.92 Å². The minimum absolute atomic E-state index is 0.461. The molecule has 2 N–H and O–H groups in total. The van der Waals surface area contributed by atoms with E-state index in [4.69, 9.17) is 4.74 Å². The molecule has 2 aliphatic rings. The van der Waals surface area contributed by atoms with E-state index in [9.17, 15) is 5.11 Å². The minimum atomic E-state index is -0.461. The van der Waals surface area contributed by atoms with Crippen LogP contribution in [0.15, 0.2) is 0 Å². The Hall–Kier alpha value is 0.230. The van der Waals surface area contributed by atoms with Crippen molar-refractivity contribution in [2.45, 2.75) is 37.8 Å².